The van der Waals surface area contributed by atoms with Gasteiger partial charge in [-0.05, 0) is 52.4 Å². The van der Waals surface area contributed by atoms with Gasteiger partial charge in [0.05, 0.1) is 6.61 Å². The van der Waals surface area contributed by atoms with E-state index < -0.39 is 0 Å². The maximum absolute atomic E-state index is 5.41. The maximum atomic E-state index is 5.41. The summed E-state index contributed by atoms with van der Waals surface area (Å²) in [5, 5.41) is 3.44. The van der Waals surface area contributed by atoms with Crippen molar-refractivity contribution < 1.29 is 4.74 Å². The van der Waals surface area contributed by atoms with Gasteiger partial charge < -0.3 is 15.0 Å². The van der Waals surface area contributed by atoms with Crippen molar-refractivity contribution in [2.45, 2.75) is 46.6 Å². The summed E-state index contributed by atoms with van der Waals surface area (Å²) in [7, 11) is 0. The molecule has 0 amide bonds. The summed E-state index contributed by atoms with van der Waals surface area (Å²) < 4.78 is 5.41. The van der Waals surface area contributed by atoms with Gasteiger partial charge >= 0.3 is 0 Å². The molecule has 1 unspecified atom stereocenters. The summed E-state index contributed by atoms with van der Waals surface area (Å²) >= 11 is 0. The SMILES string of the molecule is CCOc1cccc(NC(C)CCCN(CC)CC)n1. The third kappa shape index (κ3) is 6.24. The summed E-state index contributed by atoms with van der Waals surface area (Å²) in [5.41, 5.74) is 0. The van der Waals surface area contributed by atoms with Gasteiger partial charge in [0.15, 0.2) is 0 Å². The Kier molecular flexibility index (Phi) is 8.04. The molecule has 1 aromatic rings. The molecule has 0 bridgehead atoms. The first-order valence-corrected chi connectivity index (χ1v) is 7.78. The molecule has 1 rings (SSSR count). The number of rotatable bonds is 10. The lowest BCUT2D eigenvalue weighted by Crippen LogP contribution is -2.25. The first-order valence-electron chi connectivity index (χ1n) is 7.78. The Morgan fingerprint density at radius 2 is 2.00 bits per heavy atom. The van der Waals surface area contributed by atoms with Gasteiger partial charge in [0.25, 0.3) is 0 Å². The molecule has 0 aliphatic carbocycles. The summed E-state index contributed by atoms with van der Waals surface area (Å²) in [4.78, 5) is 6.89. The molecule has 114 valence electrons. The largest absolute Gasteiger partial charge is 0.478 e. The molecule has 1 N–H and O–H groups in total. The minimum atomic E-state index is 0.426. The smallest absolute Gasteiger partial charge is 0.215 e. The second-order valence-corrected chi connectivity index (χ2v) is 5.01. The van der Waals surface area contributed by atoms with E-state index in [1.54, 1.807) is 0 Å². The molecule has 20 heavy (non-hydrogen) atoms. The van der Waals surface area contributed by atoms with Crippen LogP contribution in [0.3, 0.4) is 0 Å². The van der Waals surface area contributed by atoms with E-state index in [1.807, 2.05) is 25.1 Å². The van der Waals surface area contributed by atoms with Gasteiger partial charge in [0, 0.05) is 12.1 Å². The first kappa shape index (κ1) is 16.8. The fourth-order valence-electron chi connectivity index (χ4n) is 2.21. The Hall–Kier alpha value is -1.29. The highest BCUT2D eigenvalue weighted by Gasteiger charge is 2.05. The first-order chi connectivity index (χ1) is 9.69. The minimum absolute atomic E-state index is 0.426. The van der Waals surface area contributed by atoms with Crippen molar-refractivity contribution in [2.24, 2.45) is 0 Å². The van der Waals surface area contributed by atoms with E-state index in [0.717, 1.165) is 25.3 Å². The van der Waals surface area contributed by atoms with Crippen molar-refractivity contribution >= 4 is 5.82 Å². The number of pyridine rings is 1. The van der Waals surface area contributed by atoms with Crippen LogP contribution >= 0.6 is 0 Å². The summed E-state index contributed by atoms with van der Waals surface area (Å²) in [6.07, 6.45) is 2.36. The summed E-state index contributed by atoms with van der Waals surface area (Å²) in [6, 6.07) is 6.28. The molecule has 0 fully saturated rings. The van der Waals surface area contributed by atoms with Crippen LogP contribution in [0, 0.1) is 0 Å². The Morgan fingerprint density at radius 1 is 1.25 bits per heavy atom. The molecule has 0 radical (unpaired) electrons. The molecule has 0 saturated carbocycles. The van der Waals surface area contributed by atoms with E-state index in [9.17, 15) is 0 Å². The lowest BCUT2D eigenvalue weighted by Gasteiger charge is -2.20. The van der Waals surface area contributed by atoms with Gasteiger partial charge in [0.1, 0.15) is 5.82 Å². The van der Waals surface area contributed by atoms with E-state index in [0.29, 0.717) is 18.5 Å². The predicted octanol–water partition coefficient (Wildman–Crippen LogP) is 3.40. The van der Waals surface area contributed by atoms with Crippen molar-refractivity contribution in [2.75, 3.05) is 31.6 Å². The normalized spacial score (nSPS) is 12.4. The van der Waals surface area contributed by atoms with Gasteiger partial charge in [-0.1, -0.05) is 19.9 Å². The zero-order valence-electron chi connectivity index (χ0n) is 13.4. The van der Waals surface area contributed by atoms with Crippen LogP contribution in [-0.4, -0.2) is 42.2 Å². The Bertz CT molecular complexity index is 366. The van der Waals surface area contributed by atoms with Crippen LogP contribution in [0.25, 0.3) is 0 Å². The second kappa shape index (κ2) is 9.59. The van der Waals surface area contributed by atoms with Crippen molar-refractivity contribution in [3.8, 4) is 5.88 Å². The van der Waals surface area contributed by atoms with Crippen LogP contribution < -0.4 is 10.1 Å². The third-order valence-corrected chi connectivity index (χ3v) is 3.42. The van der Waals surface area contributed by atoms with E-state index in [2.05, 4.69) is 36.0 Å². The molecule has 4 nitrogen and oxygen atoms in total. The number of ether oxygens (including phenoxy) is 1. The van der Waals surface area contributed by atoms with E-state index >= 15 is 0 Å². The zero-order chi connectivity index (χ0) is 14.8. The molecule has 0 saturated heterocycles. The van der Waals surface area contributed by atoms with E-state index in [1.165, 1.54) is 13.0 Å². The minimum Gasteiger partial charge on any atom is -0.478 e. The quantitative estimate of drug-likeness (QED) is 0.712. The zero-order valence-corrected chi connectivity index (χ0v) is 13.4. The molecular weight excluding hydrogens is 250 g/mol. The van der Waals surface area contributed by atoms with Crippen molar-refractivity contribution in [1.82, 2.24) is 9.88 Å². The average Bonchev–Trinajstić information content (AvgIpc) is 2.44. The molecule has 0 spiro atoms. The average molecular weight is 279 g/mol. The van der Waals surface area contributed by atoms with Crippen molar-refractivity contribution in [1.29, 1.82) is 0 Å². The number of hydrogen-bond donors (Lipinski definition) is 1. The highest BCUT2D eigenvalue weighted by atomic mass is 16.5. The number of aromatic nitrogens is 1. The van der Waals surface area contributed by atoms with Crippen LogP contribution in [0.4, 0.5) is 5.82 Å². The fourth-order valence-corrected chi connectivity index (χ4v) is 2.21. The Morgan fingerprint density at radius 3 is 2.65 bits per heavy atom. The van der Waals surface area contributed by atoms with Crippen LogP contribution in [0.15, 0.2) is 18.2 Å². The van der Waals surface area contributed by atoms with E-state index in [-0.39, 0.29) is 0 Å². The van der Waals surface area contributed by atoms with Gasteiger partial charge in [-0.25, -0.2) is 0 Å². The molecule has 0 aromatic carbocycles. The second-order valence-electron chi connectivity index (χ2n) is 5.01. The number of hydrogen-bond acceptors (Lipinski definition) is 4. The van der Waals surface area contributed by atoms with Gasteiger partial charge in [-0.2, -0.15) is 4.98 Å². The molecule has 1 heterocycles. The molecule has 1 atom stereocenters. The van der Waals surface area contributed by atoms with Crippen LogP contribution in [0.1, 0.15) is 40.5 Å². The molecule has 0 aliphatic heterocycles. The predicted molar refractivity (Wildman–Crippen MR) is 85.5 cm³/mol. The van der Waals surface area contributed by atoms with Crippen LogP contribution in [0.5, 0.6) is 5.88 Å². The van der Waals surface area contributed by atoms with Gasteiger partial charge in [-0.15, -0.1) is 0 Å². The lowest BCUT2D eigenvalue weighted by atomic mass is 10.1. The molecular formula is C16H29N3O. The standard InChI is InChI=1S/C16H29N3O/c1-5-19(6-2)13-9-10-14(4)17-15-11-8-12-16(18-15)20-7-3/h8,11-12,14H,5-7,9-10,13H2,1-4H3,(H,17,18). The number of anilines is 1. The van der Waals surface area contributed by atoms with Gasteiger partial charge in [-0.3, -0.25) is 0 Å². The van der Waals surface area contributed by atoms with Crippen LogP contribution in [0.2, 0.25) is 0 Å². The summed E-state index contributed by atoms with van der Waals surface area (Å²) in [6.45, 7) is 12.7. The van der Waals surface area contributed by atoms with Crippen molar-refractivity contribution in [3.05, 3.63) is 18.2 Å². The van der Waals surface area contributed by atoms with Crippen molar-refractivity contribution in [3.63, 3.8) is 0 Å². The lowest BCUT2D eigenvalue weighted by molar-refractivity contribution is 0.295. The topological polar surface area (TPSA) is 37.4 Å². The van der Waals surface area contributed by atoms with E-state index in [4.69, 9.17) is 4.74 Å². The maximum Gasteiger partial charge on any atom is 0.215 e. The Balaban J connectivity index is 2.34. The summed E-state index contributed by atoms with van der Waals surface area (Å²) in [5.74, 6) is 1.58. The number of nitrogens with zero attached hydrogens (tertiary/aromatic N) is 2. The highest BCUT2D eigenvalue weighted by molar-refractivity contribution is 5.37. The molecule has 4 heteroatoms. The molecule has 1 aromatic heterocycles. The van der Waals surface area contributed by atoms with Crippen LogP contribution in [-0.2, 0) is 0 Å². The molecule has 0 aliphatic rings. The highest BCUT2D eigenvalue weighted by Crippen LogP contribution is 2.13. The van der Waals surface area contributed by atoms with Gasteiger partial charge in [0.2, 0.25) is 5.88 Å². The fraction of sp³-hybridized carbons (Fsp3) is 0.688. The number of nitrogens with one attached hydrogen (secondary N) is 1. The monoisotopic (exact) mass is 279 g/mol. The third-order valence-electron chi connectivity index (χ3n) is 3.42. The Labute approximate surface area is 123 Å².